The van der Waals surface area contributed by atoms with Gasteiger partial charge in [-0.05, 0) is 50.5 Å². The molecule has 6 heteroatoms. The molecular weight excluding hydrogens is 313 g/mol. The molecule has 2 fully saturated rings. The van der Waals surface area contributed by atoms with Gasteiger partial charge in [-0.25, -0.2) is 4.39 Å². The molecule has 0 bridgehead atoms. The van der Waals surface area contributed by atoms with Gasteiger partial charge >= 0.3 is 0 Å². The molecule has 2 atom stereocenters. The molecule has 2 aliphatic heterocycles. The van der Waals surface area contributed by atoms with Crippen molar-refractivity contribution in [2.24, 2.45) is 0 Å². The maximum Gasteiger partial charge on any atom is 0.253 e. The van der Waals surface area contributed by atoms with Crippen LogP contribution in [-0.4, -0.2) is 58.0 Å². The van der Waals surface area contributed by atoms with Crippen molar-refractivity contribution in [1.29, 1.82) is 0 Å². The molecule has 5 nitrogen and oxygen atoms in total. The second kappa shape index (κ2) is 6.10. The summed E-state index contributed by atoms with van der Waals surface area (Å²) < 4.78 is 19.2. The summed E-state index contributed by atoms with van der Waals surface area (Å²) in [7, 11) is 0. The zero-order valence-corrected chi connectivity index (χ0v) is 14.1. The van der Waals surface area contributed by atoms with Crippen LogP contribution in [0, 0.1) is 12.7 Å². The average molecular weight is 337 g/mol. The first-order valence-electron chi connectivity index (χ1n) is 8.35. The number of aliphatic hydroxyl groups is 2. The molecule has 3 rings (SSSR count). The van der Waals surface area contributed by atoms with Gasteiger partial charge in [0, 0.05) is 25.1 Å². The summed E-state index contributed by atoms with van der Waals surface area (Å²) >= 11 is 0. The van der Waals surface area contributed by atoms with Gasteiger partial charge in [0.25, 0.3) is 5.91 Å². The first kappa shape index (κ1) is 17.3. The average Bonchev–Trinajstić information content (AvgIpc) is 2.55. The van der Waals surface area contributed by atoms with Crippen molar-refractivity contribution >= 4 is 5.91 Å². The number of benzene rings is 1. The van der Waals surface area contributed by atoms with Crippen LogP contribution in [0.25, 0.3) is 0 Å². The highest BCUT2D eigenvalue weighted by Gasteiger charge is 2.52. The second-order valence-electron chi connectivity index (χ2n) is 7.18. The van der Waals surface area contributed by atoms with Crippen molar-refractivity contribution < 1.29 is 24.1 Å². The normalized spacial score (nSPS) is 29.7. The molecule has 1 spiro atoms. The summed E-state index contributed by atoms with van der Waals surface area (Å²) in [4.78, 5) is 14.3. The lowest BCUT2D eigenvalue weighted by molar-refractivity contribution is -0.244. The topological polar surface area (TPSA) is 70.0 Å². The van der Waals surface area contributed by atoms with Crippen LogP contribution >= 0.6 is 0 Å². The van der Waals surface area contributed by atoms with Crippen molar-refractivity contribution in [2.45, 2.75) is 50.4 Å². The smallest absolute Gasteiger partial charge is 0.253 e. The highest BCUT2D eigenvalue weighted by molar-refractivity contribution is 5.94. The summed E-state index contributed by atoms with van der Waals surface area (Å²) in [6.07, 6.45) is 0.365. The maximum absolute atomic E-state index is 13.4. The predicted molar refractivity (Wildman–Crippen MR) is 86.2 cm³/mol. The van der Waals surface area contributed by atoms with E-state index in [-0.39, 0.29) is 11.7 Å². The number of ether oxygens (including phenoxy) is 1. The Hall–Kier alpha value is -1.50. The van der Waals surface area contributed by atoms with Crippen LogP contribution in [-0.2, 0) is 4.74 Å². The molecule has 0 radical (unpaired) electrons. The molecule has 132 valence electrons. The minimum atomic E-state index is -1.17. The summed E-state index contributed by atoms with van der Waals surface area (Å²) in [6.45, 7) is 4.52. The third-order valence-corrected chi connectivity index (χ3v) is 5.39. The minimum Gasteiger partial charge on any atom is -0.387 e. The van der Waals surface area contributed by atoms with Crippen LogP contribution in [0.15, 0.2) is 18.2 Å². The zero-order valence-electron chi connectivity index (χ0n) is 14.1. The Morgan fingerprint density at radius 2 is 2.00 bits per heavy atom. The number of aryl methyl sites for hydroxylation is 1. The van der Waals surface area contributed by atoms with Gasteiger partial charge in [0.05, 0.1) is 12.2 Å². The number of nitrogens with zero attached hydrogens (tertiary/aromatic N) is 1. The van der Waals surface area contributed by atoms with Crippen LogP contribution in [0.2, 0.25) is 0 Å². The lowest BCUT2D eigenvalue weighted by Gasteiger charge is -2.51. The lowest BCUT2D eigenvalue weighted by atomic mass is 9.75. The van der Waals surface area contributed by atoms with Gasteiger partial charge in [-0.15, -0.1) is 0 Å². The number of rotatable bonds is 1. The zero-order chi connectivity index (χ0) is 17.5. The van der Waals surface area contributed by atoms with Crippen LogP contribution in [0.3, 0.4) is 0 Å². The van der Waals surface area contributed by atoms with Crippen molar-refractivity contribution in [2.75, 3.05) is 19.7 Å². The Morgan fingerprint density at radius 3 is 2.62 bits per heavy atom. The van der Waals surface area contributed by atoms with Crippen molar-refractivity contribution in [3.05, 3.63) is 35.1 Å². The van der Waals surface area contributed by atoms with E-state index in [4.69, 9.17) is 4.74 Å². The standard InChI is InChI=1S/C18H24FNO4/c1-12-11-13(3-4-14(12)19)15(21)20-8-5-18(6-9-20)16(22)17(2,23)7-10-24-18/h3-4,11,16,22-23H,5-10H2,1-2H3/t16-,17+/m0/s1. The molecule has 2 heterocycles. The van der Waals surface area contributed by atoms with Gasteiger partial charge in [-0.1, -0.05) is 0 Å². The van der Waals surface area contributed by atoms with Crippen LogP contribution < -0.4 is 0 Å². The third-order valence-electron chi connectivity index (χ3n) is 5.39. The van der Waals surface area contributed by atoms with E-state index in [1.165, 1.54) is 12.1 Å². The van der Waals surface area contributed by atoms with E-state index in [9.17, 15) is 19.4 Å². The number of hydrogen-bond acceptors (Lipinski definition) is 4. The first-order chi connectivity index (χ1) is 11.3. The Labute approximate surface area is 141 Å². The molecule has 0 aliphatic carbocycles. The van der Waals surface area contributed by atoms with E-state index in [0.717, 1.165) is 0 Å². The number of carbonyl (C=O) groups excluding carboxylic acids is 1. The Morgan fingerprint density at radius 1 is 1.33 bits per heavy atom. The largest absolute Gasteiger partial charge is 0.387 e. The van der Waals surface area contributed by atoms with Gasteiger partial charge in [0.1, 0.15) is 17.5 Å². The highest BCUT2D eigenvalue weighted by atomic mass is 19.1. The molecule has 1 amide bonds. The number of amides is 1. The fourth-order valence-corrected chi connectivity index (χ4v) is 3.71. The number of piperidine rings is 1. The molecule has 1 aromatic rings. The van der Waals surface area contributed by atoms with Gasteiger partial charge < -0.3 is 19.8 Å². The van der Waals surface area contributed by atoms with Gasteiger partial charge in [-0.2, -0.15) is 0 Å². The number of carbonyl (C=O) groups is 1. The maximum atomic E-state index is 13.4. The van der Waals surface area contributed by atoms with Crippen molar-refractivity contribution in [3.63, 3.8) is 0 Å². The Kier molecular flexibility index (Phi) is 4.40. The van der Waals surface area contributed by atoms with Crippen molar-refractivity contribution in [3.8, 4) is 0 Å². The van der Waals surface area contributed by atoms with Gasteiger partial charge in [-0.3, -0.25) is 4.79 Å². The minimum absolute atomic E-state index is 0.148. The van der Waals surface area contributed by atoms with E-state index in [1.54, 1.807) is 24.8 Å². The highest BCUT2D eigenvalue weighted by Crippen LogP contribution is 2.40. The number of aliphatic hydroxyl groups excluding tert-OH is 1. The molecule has 1 aromatic carbocycles. The van der Waals surface area contributed by atoms with Crippen LogP contribution in [0.4, 0.5) is 4.39 Å². The quantitative estimate of drug-likeness (QED) is 0.817. The monoisotopic (exact) mass is 337 g/mol. The fourth-order valence-electron chi connectivity index (χ4n) is 3.71. The van der Waals surface area contributed by atoms with Crippen LogP contribution in [0.1, 0.15) is 42.1 Å². The summed E-state index contributed by atoms with van der Waals surface area (Å²) in [5, 5.41) is 20.8. The third kappa shape index (κ3) is 2.94. The van der Waals surface area contributed by atoms with E-state index in [1.807, 2.05) is 0 Å². The fraction of sp³-hybridized carbons (Fsp3) is 0.611. The Bertz CT molecular complexity index is 638. The van der Waals surface area contributed by atoms with Crippen molar-refractivity contribution in [1.82, 2.24) is 4.90 Å². The summed E-state index contributed by atoms with van der Waals surface area (Å²) in [6, 6.07) is 4.35. The second-order valence-corrected chi connectivity index (χ2v) is 7.18. The molecule has 0 aromatic heterocycles. The number of hydrogen-bond donors (Lipinski definition) is 2. The molecule has 2 aliphatic rings. The summed E-state index contributed by atoms with van der Waals surface area (Å²) in [5.41, 5.74) is -1.06. The molecule has 24 heavy (non-hydrogen) atoms. The van der Waals surface area contributed by atoms with E-state index >= 15 is 0 Å². The number of likely N-dealkylation sites (tertiary alicyclic amines) is 1. The molecule has 0 saturated carbocycles. The summed E-state index contributed by atoms with van der Waals surface area (Å²) in [5.74, 6) is -0.477. The molecular formula is C18H24FNO4. The SMILES string of the molecule is Cc1cc(C(=O)N2CCC3(CC2)OCC[C@@](C)(O)[C@@H]3O)ccc1F. The first-order valence-corrected chi connectivity index (χ1v) is 8.35. The Balaban J connectivity index is 1.70. The lowest BCUT2D eigenvalue weighted by Crippen LogP contribution is -2.64. The molecule has 0 unspecified atom stereocenters. The van der Waals surface area contributed by atoms with E-state index in [2.05, 4.69) is 0 Å². The molecule has 2 saturated heterocycles. The van der Waals surface area contributed by atoms with Gasteiger partial charge in [0.2, 0.25) is 0 Å². The van der Waals surface area contributed by atoms with E-state index < -0.39 is 17.3 Å². The molecule has 2 N–H and O–H groups in total. The van der Waals surface area contributed by atoms with Crippen LogP contribution in [0.5, 0.6) is 0 Å². The van der Waals surface area contributed by atoms with E-state index in [0.29, 0.717) is 50.1 Å². The predicted octanol–water partition coefficient (Wildman–Crippen LogP) is 1.64. The van der Waals surface area contributed by atoms with Gasteiger partial charge in [0.15, 0.2) is 0 Å². The number of halogens is 1.